The molecule has 0 aliphatic heterocycles. The quantitative estimate of drug-likeness (QED) is 0.750. The van der Waals surface area contributed by atoms with Gasteiger partial charge < -0.3 is 10.2 Å². The highest BCUT2D eigenvalue weighted by atomic mass is 16.3. The van der Waals surface area contributed by atoms with Gasteiger partial charge in [-0.1, -0.05) is 19.4 Å². The van der Waals surface area contributed by atoms with Crippen molar-refractivity contribution >= 4 is 0 Å². The predicted molar refractivity (Wildman–Crippen MR) is 80.9 cm³/mol. The monoisotopic (exact) mass is 274 g/mol. The first-order valence-corrected chi connectivity index (χ1v) is 8.15. The van der Waals surface area contributed by atoms with Gasteiger partial charge in [0.1, 0.15) is 5.75 Å². The molecule has 0 amide bonds. The van der Waals surface area contributed by atoms with Crippen molar-refractivity contribution in [3.05, 3.63) is 29.3 Å². The van der Waals surface area contributed by atoms with Crippen molar-refractivity contribution in [2.24, 2.45) is 11.8 Å². The van der Waals surface area contributed by atoms with E-state index in [4.69, 9.17) is 0 Å². The Morgan fingerprint density at radius 2 is 1.90 bits per heavy atom. The second-order valence-electron chi connectivity index (χ2n) is 6.83. The van der Waals surface area contributed by atoms with Crippen molar-refractivity contribution < 1.29 is 10.2 Å². The Morgan fingerprint density at radius 1 is 1.05 bits per heavy atom. The number of fused-ring (bicyclic) bond motifs is 3. The van der Waals surface area contributed by atoms with E-state index in [2.05, 4.69) is 13.0 Å². The number of aryl methyl sites for hydroxylation is 1. The SMILES string of the molecule is CC1CC[C@H](O)CCCC2c3ccc(O)cc3CCC12. The standard InChI is InChI=1S/C18H26O2/c1-12-5-7-14(19)3-2-4-18-16(12)9-6-13-11-15(20)8-10-17(13)18/h8,10-12,14,16,18-20H,2-7,9H2,1H3/t12?,14-,16?,18?/m1/s1. The minimum atomic E-state index is -0.100. The van der Waals surface area contributed by atoms with Crippen LogP contribution >= 0.6 is 0 Å². The molecule has 3 unspecified atom stereocenters. The van der Waals surface area contributed by atoms with Crippen molar-refractivity contribution in [3.8, 4) is 5.75 Å². The fourth-order valence-electron chi connectivity index (χ4n) is 4.36. The number of rotatable bonds is 0. The van der Waals surface area contributed by atoms with Crippen LogP contribution < -0.4 is 0 Å². The van der Waals surface area contributed by atoms with E-state index in [0.717, 1.165) is 38.0 Å². The molecule has 1 fully saturated rings. The minimum absolute atomic E-state index is 0.100. The first kappa shape index (κ1) is 13.9. The summed E-state index contributed by atoms with van der Waals surface area (Å²) in [6.45, 7) is 2.36. The first-order chi connectivity index (χ1) is 9.65. The van der Waals surface area contributed by atoms with Crippen LogP contribution in [0.5, 0.6) is 5.75 Å². The molecule has 2 N–H and O–H groups in total. The summed E-state index contributed by atoms with van der Waals surface area (Å²) < 4.78 is 0. The number of phenolic OH excluding ortho intramolecular Hbond substituents is 1. The van der Waals surface area contributed by atoms with Gasteiger partial charge in [-0.2, -0.15) is 0 Å². The van der Waals surface area contributed by atoms with Crippen LogP contribution in [0.1, 0.15) is 62.5 Å². The number of hydrogen-bond donors (Lipinski definition) is 2. The van der Waals surface area contributed by atoms with E-state index in [1.165, 1.54) is 24.0 Å². The molecule has 4 atom stereocenters. The van der Waals surface area contributed by atoms with Gasteiger partial charge in [0.2, 0.25) is 0 Å². The van der Waals surface area contributed by atoms with E-state index in [9.17, 15) is 10.2 Å². The summed E-state index contributed by atoms with van der Waals surface area (Å²) >= 11 is 0. The second kappa shape index (κ2) is 5.77. The molecule has 0 radical (unpaired) electrons. The average molecular weight is 274 g/mol. The molecule has 0 aromatic heterocycles. The molecule has 2 aliphatic rings. The number of aliphatic hydroxyl groups excluding tert-OH is 1. The van der Waals surface area contributed by atoms with Crippen LogP contribution in [0.4, 0.5) is 0 Å². The molecule has 1 aromatic rings. The molecule has 0 bridgehead atoms. The molecular weight excluding hydrogens is 248 g/mol. The molecule has 1 aromatic carbocycles. The fraction of sp³-hybridized carbons (Fsp3) is 0.667. The fourth-order valence-corrected chi connectivity index (χ4v) is 4.36. The summed E-state index contributed by atoms with van der Waals surface area (Å²) in [5, 5.41) is 19.7. The zero-order valence-corrected chi connectivity index (χ0v) is 12.4. The normalized spacial score (nSPS) is 34.3. The summed E-state index contributed by atoms with van der Waals surface area (Å²) in [4.78, 5) is 0. The lowest BCUT2D eigenvalue weighted by Crippen LogP contribution is -2.26. The summed E-state index contributed by atoms with van der Waals surface area (Å²) in [6, 6.07) is 5.94. The van der Waals surface area contributed by atoms with E-state index < -0.39 is 0 Å². The number of phenols is 1. The number of benzene rings is 1. The van der Waals surface area contributed by atoms with Crippen LogP contribution in [-0.2, 0) is 6.42 Å². The van der Waals surface area contributed by atoms with E-state index in [1.807, 2.05) is 12.1 Å². The van der Waals surface area contributed by atoms with Crippen molar-refractivity contribution in [2.75, 3.05) is 0 Å². The first-order valence-electron chi connectivity index (χ1n) is 8.15. The largest absolute Gasteiger partial charge is 0.508 e. The lowest BCUT2D eigenvalue weighted by Gasteiger charge is -2.37. The van der Waals surface area contributed by atoms with Crippen molar-refractivity contribution in [1.82, 2.24) is 0 Å². The van der Waals surface area contributed by atoms with Gasteiger partial charge in [-0.3, -0.25) is 0 Å². The molecule has 0 heterocycles. The molecule has 2 nitrogen and oxygen atoms in total. The Morgan fingerprint density at radius 3 is 2.75 bits per heavy atom. The van der Waals surface area contributed by atoms with E-state index in [0.29, 0.717) is 17.6 Å². The Bertz CT molecular complexity index is 468. The van der Waals surface area contributed by atoms with Crippen molar-refractivity contribution in [1.29, 1.82) is 0 Å². The zero-order chi connectivity index (χ0) is 14.1. The van der Waals surface area contributed by atoms with E-state index in [-0.39, 0.29) is 6.10 Å². The molecule has 1 saturated carbocycles. The minimum Gasteiger partial charge on any atom is -0.508 e. The smallest absolute Gasteiger partial charge is 0.115 e. The van der Waals surface area contributed by atoms with E-state index in [1.54, 1.807) is 0 Å². The van der Waals surface area contributed by atoms with E-state index >= 15 is 0 Å². The van der Waals surface area contributed by atoms with Crippen LogP contribution in [-0.4, -0.2) is 16.3 Å². The topological polar surface area (TPSA) is 40.5 Å². The highest BCUT2D eigenvalue weighted by molar-refractivity contribution is 5.39. The van der Waals surface area contributed by atoms with Gasteiger partial charge in [0.15, 0.2) is 0 Å². The lowest BCUT2D eigenvalue weighted by atomic mass is 9.68. The molecule has 2 heteroatoms. The van der Waals surface area contributed by atoms with Gasteiger partial charge in [-0.05, 0) is 79.5 Å². The number of hydrogen-bond acceptors (Lipinski definition) is 2. The average Bonchev–Trinajstić information content (AvgIpc) is 2.50. The molecule has 3 rings (SSSR count). The van der Waals surface area contributed by atoms with Gasteiger partial charge in [0.05, 0.1) is 6.10 Å². The molecule has 110 valence electrons. The maximum absolute atomic E-state index is 9.99. The van der Waals surface area contributed by atoms with Crippen LogP contribution in [0.3, 0.4) is 0 Å². The maximum atomic E-state index is 9.99. The summed E-state index contributed by atoms with van der Waals surface area (Å²) in [5.74, 6) is 2.46. The third-order valence-corrected chi connectivity index (χ3v) is 5.53. The molecule has 0 saturated heterocycles. The Kier molecular flexibility index (Phi) is 4.02. The molecular formula is C18H26O2. The predicted octanol–water partition coefficient (Wildman–Crippen LogP) is 4.00. The van der Waals surface area contributed by atoms with Crippen molar-refractivity contribution in [2.45, 2.75) is 63.9 Å². The summed E-state index contributed by atoms with van der Waals surface area (Å²) in [6.07, 6.45) is 7.60. The van der Waals surface area contributed by atoms with Crippen molar-refractivity contribution in [3.63, 3.8) is 0 Å². The zero-order valence-electron chi connectivity index (χ0n) is 12.4. The Labute approximate surface area is 121 Å². The Hall–Kier alpha value is -1.02. The highest BCUT2D eigenvalue weighted by Gasteiger charge is 2.33. The molecule has 20 heavy (non-hydrogen) atoms. The van der Waals surface area contributed by atoms with Gasteiger partial charge in [-0.25, -0.2) is 0 Å². The van der Waals surface area contributed by atoms with Gasteiger partial charge >= 0.3 is 0 Å². The summed E-state index contributed by atoms with van der Waals surface area (Å²) in [5.41, 5.74) is 2.81. The van der Waals surface area contributed by atoms with Crippen LogP contribution in [0, 0.1) is 11.8 Å². The highest BCUT2D eigenvalue weighted by Crippen LogP contribution is 2.45. The molecule has 2 aliphatic carbocycles. The molecule has 0 spiro atoms. The number of aliphatic hydroxyl groups is 1. The third-order valence-electron chi connectivity index (χ3n) is 5.53. The Balaban J connectivity index is 1.90. The van der Waals surface area contributed by atoms with Gasteiger partial charge in [-0.15, -0.1) is 0 Å². The summed E-state index contributed by atoms with van der Waals surface area (Å²) in [7, 11) is 0. The number of aromatic hydroxyl groups is 1. The van der Waals surface area contributed by atoms with Gasteiger partial charge in [0.25, 0.3) is 0 Å². The second-order valence-corrected chi connectivity index (χ2v) is 6.83. The van der Waals surface area contributed by atoms with Crippen LogP contribution in [0.15, 0.2) is 18.2 Å². The van der Waals surface area contributed by atoms with Crippen LogP contribution in [0.25, 0.3) is 0 Å². The van der Waals surface area contributed by atoms with Crippen LogP contribution in [0.2, 0.25) is 0 Å². The lowest BCUT2D eigenvalue weighted by molar-refractivity contribution is 0.143. The van der Waals surface area contributed by atoms with Gasteiger partial charge in [0, 0.05) is 0 Å². The third kappa shape index (κ3) is 2.71. The maximum Gasteiger partial charge on any atom is 0.115 e.